The van der Waals surface area contributed by atoms with Crippen LogP contribution in [0.3, 0.4) is 0 Å². The highest BCUT2D eigenvalue weighted by Gasteiger charge is 2.04. The average molecular weight is 259 g/mol. The highest BCUT2D eigenvalue weighted by Crippen LogP contribution is 2.08. The zero-order chi connectivity index (χ0) is 13.5. The molecular weight excluding hydrogens is 242 g/mol. The van der Waals surface area contributed by atoms with E-state index in [0.717, 1.165) is 5.56 Å². The molecule has 0 aliphatic rings. The molecule has 0 bridgehead atoms. The van der Waals surface area contributed by atoms with E-state index in [1.54, 1.807) is 29.5 Å². The van der Waals surface area contributed by atoms with Crippen molar-refractivity contribution in [1.29, 1.82) is 0 Å². The van der Waals surface area contributed by atoms with Crippen molar-refractivity contribution >= 4 is 11.6 Å². The average Bonchev–Trinajstić information content (AvgIpc) is 2.85. The molecule has 0 saturated heterocycles. The first-order valence-electron chi connectivity index (χ1n) is 6.19. The normalized spacial score (nSPS) is 10.4. The van der Waals surface area contributed by atoms with Crippen LogP contribution in [0.25, 0.3) is 0 Å². The number of nitrogens with one attached hydrogen (secondary N) is 1. The predicted octanol–water partition coefficient (Wildman–Crippen LogP) is 1.00. The van der Waals surface area contributed by atoms with Gasteiger partial charge in [0.2, 0.25) is 5.91 Å². The lowest BCUT2D eigenvalue weighted by Crippen LogP contribution is -2.13. The summed E-state index contributed by atoms with van der Waals surface area (Å²) in [5.41, 5.74) is 7.17. The number of carbonyl (C=O) groups excluding carboxylic acids is 1. The minimum atomic E-state index is -0.0334. The molecule has 2 aromatic heterocycles. The largest absolute Gasteiger partial charge is 0.330 e. The minimum Gasteiger partial charge on any atom is -0.330 e. The Labute approximate surface area is 111 Å². The molecule has 2 rings (SSSR count). The number of nitrogens with zero attached hydrogens (tertiary/aromatic N) is 3. The van der Waals surface area contributed by atoms with E-state index in [4.69, 9.17) is 5.73 Å². The van der Waals surface area contributed by atoms with Crippen LogP contribution in [0.1, 0.15) is 18.4 Å². The molecule has 0 spiro atoms. The number of aromatic nitrogens is 3. The third-order valence-corrected chi connectivity index (χ3v) is 2.62. The number of hydrogen-bond donors (Lipinski definition) is 2. The van der Waals surface area contributed by atoms with Crippen molar-refractivity contribution in [3.63, 3.8) is 0 Å². The van der Waals surface area contributed by atoms with Crippen molar-refractivity contribution in [3.05, 3.63) is 42.5 Å². The smallest absolute Gasteiger partial charge is 0.224 e. The van der Waals surface area contributed by atoms with Crippen molar-refractivity contribution in [2.24, 2.45) is 5.73 Å². The van der Waals surface area contributed by atoms with Gasteiger partial charge in [-0.2, -0.15) is 5.10 Å². The summed E-state index contributed by atoms with van der Waals surface area (Å²) in [7, 11) is 0. The maximum absolute atomic E-state index is 11.5. The summed E-state index contributed by atoms with van der Waals surface area (Å²) in [5, 5.41) is 6.99. The zero-order valence-corrected chi connectivity index (χ0v) is 10.6. The summed E-state index contributed by atoms with van der Waals surface area (Å²) in [5.74, 6) is -0.0334. The lowest BCUT2D eigenvalue weighted by atomic mass is 10.3. The Kier molecular flexibility index (Phi) is 4.63. The first-order valence-corrected chi connectivity index (χ1v) is 6.19. The summed E-state index contributed by atoms with van der Waals surface area (Å²) >= 11 is 0. The number of carbonyl (C=O) groups is 1. The van der Waals surface area contributed by atoms with Crippen LogP contribution in [-0.2, 0) is 11.3 Å². The van der Waals surface area contributed by atoms with E-state index in [-0.39, 0.29) is 5.91 Å². The Morgan fingerprint density at radius 2 is 2.16 bits per heavy atom. The fraction of sp³-hybridized carbons (Fsp3) is 0.308. The van der Waals surface area contributed by atoms with E-state index in [9.17, 15) is 4.79 Å². The van der Waals surface area contributed by atoms with Crippen LogP contribution in [0, 0.1) is 0 Å². The van der Waals surface area contributed by atoms with E-state index in [1.807, 2.05) is 12.1 Å². The topological polar surface area (TPSA) is 85.8 Å². The van der Waals surface area contributed by atoms with Crippen LogP contribution in [0.15, 0.2) is 36.9 Å². The monoisotopic (exact) mass is 259 g/mol. The summed E-state index contributed by atoms with van der Waals surface area (Å²) in [6.45, 7) is 1.18. The van der Waals surface area contributed by atoms with Crippen LogP contribution < -0.4 is 11.1 Å². The molecule has 1 amide bonds. The maximum atomic E-state index is 11.5. The van der Waals surface area contributed by atoms with Gasteiger partial charge in [0, 0.05) is 25.0 Å². The Morgan fingerprint density at radius 1 is 1.37 bits per heavy atom. The molecule has 2 heterocycles. The molecule has 2 aromatic rings. The fourth-order valence-electron chi connectivity index (χ4n) is 1.68. The van der Waals surface area contributed by atoms with E-state index in [1.165, 1.54) is 0 Å². The van der Waals surface area contributed by atoms with E-state index in [0.29, 0.717) is 31.6 Å². The molecule has 0 aliphatic carbocycles. The molecule has 19 heavy (non-hydrogen) atoms. The van der Waals surface area contributed by atoms with Crippen molar-refractivity contribution in [3.8, 4) is 0 Å². The van der Waals surface area contributed by atoms with Gasteiger partial charge in [0.25, 0.3) is 0 Å². The third-order valence-electron chi connectivity index (χ3n) is 2.62. The molecule has 3 N–H and O–H groups in total. The minimum absolute atomic E-state index is 0.0334. The standard InChI is InChI=1S/C13H17N5O/c14-5-1-2-13(19)17-12-8-16-18(10-12)9-11-3-6-15-7-4-11/h3-4,6-8,10H,1-2,5,9,14H2,(H,17,19). The number of nitrogens with two attached hydrogens (primary N) is 1. The predicted molar refractivity (Wildman–Crippen MR) is 72.5 cm³/mol. The van der Waals surface area contributed by atoms with E-state index >= 15 is 0 Å². The summed E-state index contributed by atoms with van der Waals surface area (Å²) < 4.78 is 1.77. The SMILES string of the molecule is NCCCC(=O)Nc1cnn(Cc2ccncc2)c1. The third kappa shape index (κ3) is 4.18. The van der Waals surface area contributed by atoms with Crippen molar-refractivity contribution in [2.45, 2.75) is 19.4 Å². The van der Waals surface area contributed by atoms with Gasteiger partial charge in [-0.1, -0.05) is 0 Å². The van der Waals surface area contributed by atoms with Crippen molar-refractivity contribution in [2.75, 3.05) is 11.9 Å². The second-order valence-corrected chi connectivity index (χ2v) is 4.22. The quantitative estimate of drug-likeness (QED) is 0.810. The molecule has 0 unspecified atom stereocenters. The van der Waals surface area contributed by atoms with Gasteiger partial charge in [0.05, 0.1) is 18.4 Å². The van der Waals surface area contributed by atoms with Crippen LogP contribution in [0.4, 0.5) is 5.69 Å². The number of rotatable bonds is 6. The lowest BCUT2D eigenvalue weighted by Gasteiger charge is -2.02. The summed E-state index contributed by atoms with van der Waals surface area (Å²) in [6, 6.07) is 3.86. The highest BCUT2D eigenvalue weighted by atomic mass is 16.1. The second-order valence-electron chi connectivity index (χ2n) is 4.22. The van der Waals surface area contributed by atoms with Gasteiger partial charge >= 0.3 is 0 Å². The van der Waals surface area contributed by atoms with E-state index < -0.39 is 0 Å². The van der Waals surface area contributed by atoms with Gasteiger partial charge in [-0.05, 0) is 30.7 Å². The van der Waals surface area contributed by atoms with Gasteiger partial charge in [-0.25, -0.2) is 0 Å². The van der Waals surface area contributed by atoms with Crippen LogP contribution in [0.2, 0.25) is 0 Å². The first-order chi connectivity index (χ1) is 9.28. The van der Waals surface area contributed by atoms with Crippen molar-refractivity contribution < 1.29 is 4.79 Å². The Bertz CT molecular complexity index is 523. The van der Waals surface area contributed by atoms with Gasteiger partial charge in [-0.3, -0.25) is 14.5 Å². The van der Waals surface area contributed by atoms with E-state index in [2.05, 4.69) is 15.4 Å². The zero-order valence-electron chi connectivity index (χ0n) is 10.6. The molecule has 0 saturated carbocycles. The molecule has 0 radical (unpaired) electrons. The molecule has 100 valence electrons. The maximum Gasteiger partial charge on any atom is 0.224 e. The number of amides is 1. The molecular formula is C13H17N5O. The molecule has 0 atom stereocenters. The number of pyridine rings is 1. The van der Waals surface area contributed by atoms with Crippen LogP contribution in [-0.4, -0.2) is 27.2 Å². The van der Waals surface area contributed by atoms with Crippen LogP contribution >= 0.6 is 0 Å². The Morgan fingerprint density at radius 3 is 2.89 bits per heavy atom. The number of anilines is 1. The molecule has 6 heteroatoms. The number of hydrogen-bond acceptors (Lipinski definition) is 4. The summed E-state index contributed by atoms with van der Waals surface area (Å²) in [4.78, 5) is 15.5. The Hall–Kier alpha value is -2.21. The fourth-order valence-corrected chi connectivity index (χ4v) is 1.68. The van der Waals surface area contributed by atoms with Gasteiger partial charge in [0.15, 0.2) is 0 Å². The molecule has 0 aliphatic heterocycles. The van der Waals surface area contributed by atoms with Gasteiger partial charge < -0.3 is 11.1 Å². The summed E-state index contributed by atoms with van der Waals surface area (Å²) in [6.07, 6.45) is 8.06. The van der Waals surface area contributed by atoms with Crippen molar-refractivity contribution in [1.82, 2.24) is 14.8 Å². The van der Waals surface area contributed by atoms with Crippen LogP contribution in [0.5, 0.6) is 0 Å². The van der Waals surface area contributed by atoms with Gasteiger partial charge in [0.1, 0.15) is 0 Å². The molecule has 6 nitrogen and oxygen atoms in total. The highest BCUT2D eigenvalue weighted by molar-refractivity contribution is 5.90. The van der Waals surface area contributed by atoms with Gasteiger partial charge in [-0.15, -0.1) is 0 Å². The molecule has 0 fully saturated rings. The second kappa shape index (κ2) is 6.65. The Balaban J connectivity index is 1.90. The molecule has 0 aromatic carbocycles. The lowest BCUT2D eigenvalue weighted by molar-refractivity contribution is -0.116. The first kappa shape index (κ1) is 13.2.